The number of benzene rings is 2. The maximum atomic E-state index is 13.2. The number of carbonyl (C=O) groups excluding carboxylic acids is 3. The van der Waals surface area contributed by atoms with E-state index in [0.29, 0.717) is 36.5 Å². The number of ketones is 1. The van der Waals surface area contributed by atoms with Crippen molar-refractivity contribution < 1.29 is 19.1 Å². The van der Waals surface area contributed by atoms with Gasteiger partial charge >= 0.3 is 0 Å². The molecule has 2 aromatic carbocycles. The minimum absolute atomic E-state index is 0.0406. The number of hydrogen-bond acceptors (Lipinski definition) is 5. The fourth-order valence-corrected chi connectivity index (χ4v) is 4.66. The van der Waals surface area contributed by atoms with E-state index in [9.17, 15) is 14.4 Å². The summed E-state index contributed by atoms with van der Waals surface area (Å²) in [6.45, 7) is 1.88. The van der Waals surface area contributed by atoms with Gasteiger partial charge in [-0.1, -0.05) is 56.2 Å². The minimum atomic E-state index is -0.557. The summed E-state index contributed by atoms with van der Waals surface area (Å²) < 4.78 is 5.24. The summed E-state index contributed by atoms with van der Waals surface area (Å²) in [6.07, 6.45) is 6.23. The Bertz CT molecular complexity index is 1240. The lowest BCUT2D eigenvalue weighted by Crippen LogP contribution is -2.31. The maximum Gasteiger partial charge on any atom is 0.232 e. The van der Waals surface area contributed by atoms with Crippen LogP contribution in [0, 0.1) is 0 Å². The van der Waals surface area contributed by atoms with Gasteiger partial charge in [0.25, 0.3) is 0 Å². The highest BCUT2D eigenvalue weighted by molar-refractivity contribution is 6.05. The number of unbranched alkanes of at least 4 members (excludes halogenated alkanes) is 2. The Morgan fingerprint density at radius 3 is 2.68 bits per heavy atom. The first-order valence-corrected chi connectivity index (χ1v) is 12.9. The Morgan fingerprint density at radius 2 is 1.92 bits per heavy atom. The molecule has 3 aromatic rings. The number of aromatic nitrogens is 2. The molecule has 1 aliphatic rings. The maximum absolute atomic E-state index is 13.2. The highest BCUT2D eigenvalue weighted by atomic mass is 16.5. The molecule has 0 radical (unpaired) electrons. The number of fused-ring (bicyclic) bond motifs is 1. The van der Waals surface area contributed by atoms with Crippen molar-refractivity contribution in [3.8, 4) is 17.0 Å². The van der Waals surface area contributed by atoms with E-state index in [1.807, 2.05) is 43.3 Å². The number of H-pyrrole nitrogens is 1. The van der Waals surface area contributed by atoms with E-state index in [1.165, 1.54) is 0 Å². The van der Waals surface area contributed by atoms with Crippen molar-refractivity contribution >= 4 is 23.3 Å². The van der Waals surface area contributed by atoms with E-state index in [4.69, 9.17) is 4.74 Å². The predicted octanol–water partition coefficient (Wildman–Crippen LogP) is 5.30. The molecule has 2 heterocycles. The fourth-order valence-electron chi connectivity index (χ4n) is 4.66. The van der Waals surface area contributed by atoms with Gasteiger partial charge in [0.15, 0.2) is 0 Å². The molecule has 2 amide bonds. The van der Waals surface area contributed by atoms with Crippen LogP contribution in [-0.4, -0.2) is 34.7 Å². The topological polar surface area (TPSA) is 113 Å². The molecule has 3 N–H and O–H groups in total. The van der Waals surface area contributed by atoms with Crippen molar-refractivity contribution in [2.24, 2.45) is 0 Å². The van der Waals surface area contributed by atoms with Crippen LogP contribution in [0.3, 0.4) is 0 Å². The van der Waals surface area contributed by atoms with E-state index in [2.05, 4.69) is 20.6 Å². The standard InChI is InChI=1S/C29H34N4O4/c1-3-20(34)12-8-5-9-13-24(28-30-18-26(32-28)19-10-6-4-7-11-19)31-27(35)17-23-22-15-14-21(37-2)16-25(22)33-29(23)36/h4,6-7,10-11,14-16,18,23-24H,3,5,8-9,12-13,17H2,1-2H3,(H,30,32)(H,31,35)(H,33,36)/t23?,24-/m0/s1. The first kappa shape index (κ1) is 26.1. The molecule has 2 atom stereocenters. The smallest absolute Gasteiger partial charge is 0.232 e. The largest absolute Gasteiger partial charge is 0.497 e. The third-order valence-electron chi connectivity index (χ3n) is 6.79. The van der Waals surface area contributed by atoms with Crippen LogP contribution in [0.2, 0.25) is 0 Å². The van der Waals surface area contributed by atoms with Crippen LogP contribution in [0.4, 0.5) is 5.69 Å². The first-order valence-electron chi connectivity index (χ1n) is 12.9. The van der Waals surface area contributed by atoms with Gasteiger partial charge in [-0.25, -0.2) is 4.98 Å². The lowest BCUT2D eigenvalue weighted by Gasteiger charge is -2.18. The number of Topliss-reactive ketones (excluding diaryl/α,β-unsaturated/α-hetero) is 1. The van der Waals surface area contributed by atoms with E-state index in [1.54, 1.807) is 25.4 Å². The number of rotatable bonds is 13. The highest BCUT2D eigenvalue weighted by Crippen LogP contribution is 2.37. The molecule has 194 valence electrons. The van der Waals surface area contributed by atoms with Gasteiger partial charge in [0.2, 0.25) is 11.8 Å². The van der Waals surface area contributed by atoms with Crippen LogP contribution < -0.4 is 15.4 Å². The number of amides is 2. The van der Waals surface area contributed by atoms with Crippen LogP contribution >= 0.6 is 0 Å². The Hall–Kier alpha value is -3.94. The third-order valence-corrected chi connectivity index (χ3v) is 6.79. The normalized spacial score (nSPS) is 15.1. The molecule has 0 bridgehead atoms. The molecule has 1 aliphatic heterocycles. The Kier molecular flexibility index (Phi) is 8.72. The SMILES string of the molecule is CCC(=O)CCCCC[C@H](NC(=O)CC1C(=O)Nc2cc(OC)ccc21)c1ncc(-c2ccccc2)[nH]1. The lowest BCUT2D eigenvalue weighted by molar-refractivity contribution is -0.125. The molecule has 0 aliphatic carbocycles. The van der Waals surface area contributed by atoms with Gasteiger partial charge < -0.3 is 20.4 Å². The van der Waals surface area contributed by atoms with Crippen molar-refractivity contribution in [1.29, 1.82) is 0 Å². The highest BCUT2D eigenvalue weighted by Gasteiger charge is 2.33. The van der Waals surface area contributed by atoms with Gasteiger partial charge in [-0.15, -0.1) is 0 Å². The molecule has 8 nitrogen and oxygen atoms in total. The number of aromatic amines is 1. The molecular weight excluding hydrogens is 468 g/mol. The molecule has 1 unspecified atom stereocenters. The Morgan fingerprint density at radius 1 is 1.11 bits per heavy atom. The second-order valence-corrected chi connectivity index (χ2v) is 9.36. The Labute approximate surface area is 217 Å². The summed E-state index contributed by atoms with van der Waals surface area (Å²) in [6, 6.07) is 15.0. The average Bonchev–Trinajstić information content (AvgIpc) is 3.52. The zero-order valence-electron chi connectivity index (χ0n) is 21.4. The number of ether oxygens (including phenoxy) is 1. The molecule has 0 spiro atoms. The van der Waals surface area contributed by atoms with E-state index in [-0.39, 0.29) is 30.1 Å². The number of carbonyl (C=O) groups is 3. The van der Waals surface area contributed by atoms with E-state index >= 15 is 0 Å². The van der Waals surface area contributed by atoms with Gasteiger partial charge in [0.05, 0.1) is 31.0 Å². The lowest BCUT2D eigenvalue weighted by atomic mass is 9.96. The Balaban J connectivity index is 1.44. The average molecular weight is 503 g/mol. The van der Waals surface area contributed by atoms with Gasteiger partial charge in [0, 0.05) is 31.0 Å². The number of nitrogens with one attached hydrogen (secondary N) is 3. The zero-order chi connectivity index (χ0) is 26.2. The van der Waals surface area contributed by atoms with Crippen molar-refractivity contribution in [3.63, 3.8) is 0 Å². The number of anilines is 1. The molecule has 0 fully saturated rings. The molecule has 1 aromatic heterocycles. The summed E-state index contributed by atoms with van der Waals surface area (Å²) in [4.78, 5) is 45.3. The number of nitrogens with zero attached hydrogens (tertiary/aromatic N) is 1. The van der Waals surface area contributed by atoms with Crippen LogP contribution in [0.25, 0.3) is 11.3 Å². The third kappa shape index (κ3) is 6.64. The van der Waals surface area contributed by atoms with Crippen LogP contribution in [0.1, 0.15) is 75.2 Å². The number of hydrogen-bond donors (Lipinski definition) is 3. The molecule has 8 heteroatoms. The van der Waals surface area contributed by atoms with Crippen molar-refractivity contribution in [3.05, 3.63) is 66.1 Å². The van der Waals surface area contributed by atoms with Crippen molar-refractivity contribution in [2.45, 2.75) is 63.8 Å². The molecule has 0 saturated carbocycles. The van der Waals surface area contributed by atoms with E-state index < -0.39 is 5.92 Å². The van der Waals surface area contributed by atoms with E-state index in [0.717, 1.165) is 36.1 Å². The first-order chi connectivity index (χ1) is 18.0. The van der Waals surface area contributed by atoms with Crippen molar-refractivity contribution in [1.82, 2.24) is 15.3 Å². The minimum Gasteiger partial charge on any atom is -0.497 e. The predicted molar refractivity (Wildman–Crippen MR) is 142 cm³/mol. The summed E-state index contributed by atoms with van der Waals surface area (Å²) in [5, 5.41) is 5.96. The van der Waals surface area contributed by atoms with Gasteiger partial charge in [-0.2, -0.15) is 0 Å². The van der Waals surface area contributed by atoms with Crippen LogP contribution in [0.15, 0.2) is 54.7 Å². The summed E-state index contributed by atoms with van der Waals surface area (Å²) in [5.41, 5.74) is 3.36. The fraction of sp³-hybridized carbons (Fsp3) is 0.379. The second-order valence-electron chi connectivity index (χ2n) is 9.36. The summed E-state index contributed by atoms with van der Waals surface area (Å²) in [5.74, 6) is 0.636. The van der Waals surface area contributed by atoms with Crippen LogP contribution in [-0.2, 0) is 14.4 Å². The number of methoxy groups -OCH3 is 1. The van der Waals surface area contributed by atoms with Gasteiger partial charge in [-0.05, 0) is 30.0 Å². The quantitative estimate of drug-likeness (QED) is 0.275. The van der Waals surface area contributed by atoms with Crippen LogP contribution in [0.5, 0.6) is 5.75 Å². The van der Waals surface area contributed by atoms with Gasteiger partial charge in [0.1, 0.15) is 17.4 Å². The zero-order valence-corrected chi connectivity index (χ0v) is 21.4. The second kappa shape index (κ2) is 12.3. The molecule has 4 rings (SSSR count). The molecule has 37 heavy (non-hydrogen) atoms. The van der Waals surface area contributed by atoms with Crippen molar-refractivity contribution in [2.75, 3.05) is 12.4 Å². The summed E-state index contributed by atoms with van der Waals surface area (Å²) in [7, 11) is 1.57. The van der Waals surface area contributed by atoms with Gasteiger partial charge in [-0.3, -0.25) is 14.4 Å². The summed E-state index contributed by atoms with van der Waals surface area (Å²) >= 11 is 0. The molecule has 0 saturated heterocycles. The number of imidazole rings is 1. The monoisotopic (exact) mass is 502 g/mol. The molecular formula is C29H34N4O4.